The smallest absolute Gasteiger partial charge is 0.387 e. The van der Waals surface area contributed by atoms with Crippen LogP contribution in [0.3, 0.4) is 0 Å². The van der Waals surface area contributed by atoms with Gasteiger partial charge in [-0.15, -0.1) is 10.2 Å². The number of hydrogen-bond donors (Lipinski definition) is 0. The Balaban J connectivity index is 1.64. The van der Waals surface area contributed by atoms with Crippen LogP contribution in [0.25, 0.3) is 11.5 Å². The molecule has 1 aromatic carbocycles. The van der Waals surface area contributed by atoms with E-state index in [9.17, 15) is 8.78 Å². The lowest BCUT2D eigenvalue weighted by atomic mass is 10.2. The van der Waals surface area contributed by atoms with Gasteiger partial charge in [-0.3, -0.25) is 0 Å². The van der Waals surface area contributed by atoms with Gasteiger partial charge in [0.15, 0.2) is 0 Å². The number of rotatable bonds is 6. The first-order valence-corrected chi connectivity index (χ1v) is 7.94. The van der Waals surface area contributed by atoms with Crippen molar-refractivity contribution in [3.63, 3.8) is 0 Å². The van der Waals surface area contributed by atoms with Crippen LogP contribution in [0.15, 0.2) is 38.3 Å². The number of aromatic nitrogens is 3. The molecule has 0 N–H and O–H groups in total. The molecule has 0 aliphatic rings. The van der Waals surface area contributed by atoms with Crippen molar-refractivity contribution in [2.24, 2.45) is 0 Å². The zero-order valence-corrected chi connectivity index (χ0v) is 13.6. The number of thioether (sulfide) groups is 1. The minimum atomic E-state index is -2.86. The Kier molecular flexibility index (Phi) is 4.79. The highest BCUT2D eigenvalue weighted by molar-refractivity contribution is 7.98. The Hall–Kier alpha value is -2.42. The highest BCUT2D eigenvalue weighted by atomic mass is 32.2. The van der Waals surface area contributed by atoms with E-state index < -0.39 is 6.61 Å². The molecule has 2 aromatic heterocycles. The summed E-state index contributed by atoms with van der Waals surface area (Å²) in [6, 6.07) is 5.97. The molecule has 0 bridgehead atoms. The first-order chi connectivity index (χ1) is 11.5. The largest absolute Gasteiger partial charge is 0.445 e. The number of nitrogens with zero attached hydrogens (tertiary/aromatic N) is 3. The summed E-state index contributed by atoms with van der Waals surface area (Å²) < 4.78 is 39.5. The van der Waals surface area contributed by atoms with E-state index in [0.717, 1.165) is 11.5 Å². The van der Waals surface area contributed by atoms with E-state index in [-0.39, 0.29) is 5.75 Å². The normalized spacial score (nSPS) is 11.2. The minimum Gasteiger partial charge on any atom is -0.445 e. The van der Waals surface area contributed by atoms with Crippen molar-refractivity contribution in [2.45, 2.75) is 31.4 Å². The number of halogens is 2. The quantitative estimate of drug-likeness (QED) is 0.614. The lowest BCUT2D eigenvalue weighted by Crippen LogP contribution is -2.01. The third-order valence-electron chi connectivity index (χ3n) is 3.12. The summed E-state index contributed by atoms with van der Waals surface area (Å²) in [5.74, 6) is 2.20. The van der Waals surface area contributed by atoms with Gasteiger partial charge in [-0.2, -0.15) is 8.78 Å². The van der Waals surface area contributed by atoms with E-state index in [1.54, 1.807) is 12.1 Å². The monoisotopic (exact) mass is 353 g/mol. The lowest BCUT2D eigenvalue weighted by molar-refractivity contribution is -0.0498. The van der Waals surface area contributed by atoms with Gasteiger partial charge in [0, 0.05) is 5.56 Å². The number of hydrogen-bond acceptors (Lipinski definition) is 7. The van der Waals surface area contributed by atoms with Crippen LogP contribution in [-0.4, -0.2) is 21.8 Å². The van der Waals surface area contributed by atoms with Crippen molar-refractivity contribution in [1.82, 2.24) is 15.2 Å². The van der Waals surface area contributed by atoms with Gasteiger partial charge in [0.05, 0.1) is 11.4 Å². The van der Waals surface area contributed by atoms with Gasteiger partial charge in [-0.1, -0.05) is 11.8 Å². The van der Waals surface area contributed by atoms with Gasteiger partial charge in [0.2, 0.25) is 11.8 Å². The number of ether oxygens (including phenoxy) is 1. The molecule has 2 heterocycles. The summed E-state index contributed by atoms with van der Waals surface area (Å²) in [5, 5.41) is 8.23. The molecule has 0 aliphatic carbocycles. The van der Waals surface area contributed by atoms with Crippen LogP contribution in [0.4, 0.5) is 8.78 Å². The molecule has 0 saturated carbocycles. The standard InChI is InChI=1S/C15H13F2N3O3S/c1-8-9(2)21-12(18-8)7-24-15-20-19-13(23-15)10-3-5-11(6-4-10)22-14(16)17/h3-6,14H,7H2,1-2H3. The second kappa shape index (κ2) is 7.00. The Morgan fingerprint density at radius 2 is 1.88 bits per heavy atom. The molecular formula is C15H13F2N3O3S. The van der Waals surface area contributed by atoms with Crippen LogP contribution in [-0.2, 0) is 5.75 Å². The van der Waals surface area contributed by atoms with E-state index in [4.69, 9.17) is 8.83 Å². The molecule has 126 valence electrons. The third kappa shape index (κ3) is 3.91. The highest BCUT2D eigenvalue weighted by Crippen LogP contribution is 2.27. The molecule has 0 saturated heterocycles. The van der Waals surface area contributed by atoms with Gasteiger partial charge in [-0.05, 0) is 38.1 Å². The molecule has 0 fully saturated rings. The summed E-state index contributed by atoms with van der Waals surface area (Å²) in [6.45, 7) is 0.867. The maximum absolute atomic E-state index is 12.1. The molecule has 0 aliphatic heterocycles. The molecule has 24 heavy (non-hydrogen) atoms. The number of benzene rings is 1. The second-order valence-electron chi connectivity index (χ2n) is 4.81. The molecule has 0 radical (unpaired) electrons. The summed E-state index contributed by atoms with van der Waals surface area (Å²) in [6.07, 6.45) is 0. The van der Waals surface area contributed by atoms with Crippen LogP contribution in [0.1, 0.15) is 17.3 Å². The van der Waals surface area contributed by atoms with Crippen LogP contribution < -0.4 is 4.74 Å². The van der Waals surface area contributed by atoms with E-state index in [1.807, 2.05) is 13.8 Å². The molecular weight excluding hydrogens is 340 g/mol. The van der Waals surface area contributed by atoms with Crippen molar-refractivity contribution in [3.8, 4) is 17.2 Å². The summed E-state index contributed by atoms with van der Waals surface area (Å²) in [4.78, 5) is 4.27. The van der Waals surface area contributed by atoms with Gasteiger partial charge >= 0.3 is 6.61 Å². The van der Waals surface area contributed by atoms with E-state index in [1.165, 1.54) is 23.9 Å². The van der Waals surface area contributed by atoms with Crippen molar-refractivity contribution in [3.05, 3.63) is 41.6 Å². The van der Waals surface area contributed by atoms with E-state index >= 15 is 0 Å². The lowest BCUT2D eigenvalue weighted by Gasteiger charge is -2.03. The molecule has 3 rings (SSSR count). The Bertz CT molecular complexity index is 798. The highest BCUT2D eigenvalue weighted by Gasteiger charge is 2.12. The van der Waals surface area contributed by atoms with Gasteiger partial charge in [0.1, 0.15) is 11.5 Å². The molecule has 0 unspecified atom stereocenters. The number of alkyl halides is 2. The van der Waals surface area contributed by atoms with Crippen molar-refractivity contribution >= 4 is 11.8 Å². The summed E-state index contributed by atoms with van der Waals surface area (Å²) in [7, 11) is 0. The predicted octanol–water partition coefficient (Wildman–Crippen LogP) is 4.24. The Morgan fingerprint density at radius 1 is 1.12 bits per heavy atom. The SMILES string of the molecule is Cc1nc(CSc2nnc(-c3ccc(OC(F)F)cc3)o2)oc1C. The zero-order valence-electron chi connectivity index (χ0n) is 12.8. The molecule has 0 spiro atoms. The Morgan fingerprint density at radius 3 is 2.50 bits per heavy atom. The first kappa shape index (κ1) is 16.4. The summed E-state index contributed by atoms with van der Waals surface area (Å²) in [5.41, 5.74) is 1.46. The molecule has 3 aromatic rings. The van der Waals surface area contributed by atoms with Gasteiger partial charge in [-0.25, -0.2) is 4.98 Å². The third-order valence-corrected chi connectivity index (χ3v) is 3.93. The van der Waals surface area contributed by atoms with Crippen molar-refractivity contribution < 1.29 is 22.4 Å². The molecule has 0 amide bonds. The van der Waals surface area contributed by atoms with Gasteiger partial charge < -0.3 is 13.6 Å². The number of aryl methyl sites for hydroxylation is 2. The van der Waals surface area contributed by atoms with Crippen molar-refractivity contribution in [2.75, 3.05) is 0 Å². The topological polar surface area (TPSA) is 74.2 Å². The fraction of sp³-hybridized carbons (Fsp3) is 0.267. The van der Waals surface area contributed by atoms with Crippen LogP contribution in [0, 0.1) is 13.8 Å². The summed E-state index contributed by atoms with van der Waals surface area (Å²) >= 11 is 1.30. The average Bonchev–Trinajstić information content (AvgIpc) is 3.13. The Labute approximate surface area is 140 Å². The molecule has 6 nitrogen and oxygen atoms in total. The number of oxazole rings is 1. The zero-order chi connectivity index (χ0) is 17.1. The van der Waals surface area contributed by atoms with E-state index in [0.29, 0.717) is 28.3 Å². The maximum atomic E-state index is 12.1. The fourth-order valence-corrected chi connectivity index (χ4v) is 2.49. The van der Waals surface area contributed by atoms with Crippen molar-refractivity contribution in [1.29, 1.82) is 0 Å². The van der Waals surface area contributed by atoms with Crippen LogP contribution >= 0.6 is 11.8 Å². The van der Waals surface area contributed by atoms with Crippen LogP contribution in [0.5, 0.6) is 5.75 Å². The first-order valence-electron chi connectivity index (χ1n) is 6.95. The fourth-order valence-electron chi connectivity index (χ4n) is 1.89. The van der Waals surface area contributed by atoms with Crippen LogP contribution in [0.2, 0.25) is 0 Å². The average molecular weight is 353 g/mol. The molecule has 0 atom stereocenters. The second-order valence-corrected chi connectivity index (χ2v) is 5.74. The van der Waals surface area contributed by atoms with E-state index in [2.05, 4.69) is 19.9 Å². The molecule has 9 heteroatoms. The maximum Gasteiger partial charge on any atom is 0.387 e. The minimum absolute atomic E-state index is 0.0671. The van der Waals surface area contributed by atoms with Gasteiger partial charge in [0.25, 0.3) is 5.22 Å². The predicted molar refractivity (Wildman–Crippen MR) is 81.9 cm³/mol.